The molecule has 1 atom stereocenters. The average molecular weight is 428 g/mol. The fraction of sp³-hybridized carbons (Fsp3) is 0.652. The molecule has 6 nitrogen and oxygen atoms in total. The number of sulfonamides is 1. The van der Waals surface area contributed by atoms with Crippen molar-refractivity contribution in [3.05, 3.63) is 29.8 Å². The van der Waals surface area contributed by atoms with Gasteiger partial charge in [0.15, 0.2) is 5.84 Å². The third-order valence-electron chi connectivity index (χ3n) is 8.24. The number of amides is 1. The van der Waals surface area contributed by atoms with Crippen molar-refractivity contribution in [1.82, 2.24) is 10.2 Å². The third kappa shape index (κ3) is 3.00. The molecule has 0 radical (unpaired) electrons. The van der Waals surface area contributed by atoms with E-state index in [-0.39, 0.29) is 16.7 Å². The summed E-state index contributed by atoms with van der Waals surface area (Å²) in [6, 6.07) is 7.35. The summed E-state index contributed by atoms with van der Waals surface area (Å²) < 4.78 is 28.9. The number of piperidine rings is 1. The first-order valence-electron chi connectivity index (χ1n) is 11.5. The summed E-state index contributed by atoms with van der Waals surface area (Å²) in [5.74, 6) is 3.70. The molecule has 30 heavy (non-hydrogen) atoms. The van der Waals surface area contributed by atoms with E-state index in [1.165, 1.54) is 32.1 Å². The molecule has 5 fully saturated rings. The molecular formula is C23H29N3O3S. The van der Waals surface area contributed by atoms with Gasteiger partial charge in [0.2, 0.25) is 5.91 Å². The van der Waals surface area contributed by atoms with Crippen LogP contribution >= 0.6 is 0 Å². The van der Waals surface area contributed by atoms with Gasteiger partial charge in [-0.2, -0.15) is 8.42 Å². The van der Waals surface area contributed by atoms with Gasteiger partial charge < -0.3 is 10.2 Å². The highest BCUT2D eigenvalue weighted by Crippen LogP contribution is 2.53. The first-order valence-corrected chi connectivity index (χ1v) is 12.9. The van der Waals surface area contributed by atoms with Crippen LogP contribution in [0.2, 0.25) is 0 Å². The smallest absolute Gasteiger partial charge is 0.285 e. The van der Waals surface area contributed by atoms with Crippen molar-refractivity contribution in [2.24, 2.45) is 34.0 Å². The van der Waals surface area contributed by atoms with E-state index in [1.807, 2.05) is 17.0 Å². The molecule has 2 aliphatic heterocycles. The van der Waals surface area contributed by atoms with Crippen LogP contribution in [0.3, 0.4) is 0 Å². The summed E-state index contributed by atoms with van der Waals surface area (Å²) in [6.07, 6.45) is 8.32. The number of fused-ring (bicyclic) bond motifs is 1. The van der Waals surface area contributed by atoms with Crippen LogP contribution in [0.1, 0.15) is 50.5 Å². The number of rotatable bonds is 2. The van der Waals surface area contributed by atoms with E-state index in [0.29, 0.717) is 35.8 Å². The standard InChI is InChI=1S/C23H29N3O3S/c27-23(24-21-17-9-14-8-15(11-17)12-18(21)10-14)16-4-3-7-26(13-16)22-19-5-1-2-6-20(19)30(28,29)25-22/h1-2,5-6,14-18,21H,3-4,7-13H2,(H,24,27). The predicted octanol–water partition coefficient (Wildman–Crippen LogP) is 2.79. The van der Waals surface area contributed by atoms with Gasteiger partial charge in [-0.3, -0.25) is 4.79 Å². The predicted molar refractivity (Wildman–Crippen MR) is 113 cm³/mol. The highest BCUT2D eigenvalue weighted by Gasteiger charge is 2.49. The molecule has 0 aromatic heterocycles. The molecule has 2 heterocycles. The van der Waals surface area contributed by atoms with Gasteiger partial charge in [0.25, 0.3) is 10.0 Å². The molecule has 4 bridgehead atoms. The lowest BCUT2D eigenvalue weighted by atomic mass is 9.54. The number of nitrogens with zero attached hydrogens (tertiary/aromatic N) is 2. The SMILES string of the molecule is O=C(NC1C2CC3CC(C2)CC1C3)C1CCCN(C2=NS(=O)(=O)c3ccccc32)C1. The second-order valence-corrected chi connectivity index (χ2v) is 11.7. The lowest BCUT2D eigenvalue weighted by Crippen LogP contribution is -2.57. The van der Waals surface area contributed by atoms with Crippen LogP contribution in [0.4, 0.5) is 0 Å². The minimum Gasteiger partial charge on any atom is -0.355 e. The van der Waals surface area contributed by atoms with E-state index in [1.54, 1.807) is 12.1 Å². The summed E-state index contributed by atoms with van der Waals surface area (Å²) in [6.45, 7) is 1.28. The number of benzene rings is 1. The molecule has 160 valence electrons. The Balaban J connectivity index is 1.17. The number of carbonyl (C=O) groups is 1. The average Bonchev–Trinajstić information content (AvgIpc) is 3.01. The Morgan fingerprint density at radius 3 is 2.47 bits per heavy atom. The van der Waals surface area contributed by atoms with Crippen molar-refractivity contribution < 1.29 is 13.2 Å². The van der Waals surface area contributed by atoms with E-state index in [0.717, 1.165) is 31.2 Å². The zero-order valence-corrected chi connectivity index (χ0v) is 18.0. The Morgan fingerprint density at radius 2 is 1.73 bits per heavy atom. The Hall–Kier alpha value is -1.89. The molecule has 1 saturated heterocycles. The van der Waals surface area contributed by atoms with E-state index in [9.17, 15) is 13.2 Å². The number of carbonyl (C=O) groups excluding carboxylic acids is 1. The minimum absolute atomic E-state index is 0.103. The van der Waals surface area contributed by atoms with Crippen LogP contribution in [0.15, 0.2) is 33.6 Å². The number of likely N-dealkylation sites (tertiary alicyclic amines) is 1. The van der Waals surface area contributed by atoms with Gasteiger partial charge in [-0.15, -0.1) is 4.40 Å². The molecule has 1 unspecified atom stereocenters. The zero-order chi connectivity index (χ0) is 20.5. The van der Waals surface area contributed by atoms with Crippen molar-refractivity contribution in [3.8, 4) is 0 Å². The highest BCUT2D eigenvalue weighted by atomic mass is 32.2. The zero-order valence-electron chi connectivity index (χ0n) is 17.2. The molecule has 6 aliphatic rings. The van der Waals surface area contributed by atoms with Crippen LogP contribution in [0.5, 0.6) is 0 Å². The Morgan fingerprint density at radius 1 is 1.03 bits per heavy atom. The molecule has 0 spiro atoms. The van der Waals surface area contributed by atoms with E-state index < -0.39 is 10.0 Å². The van der Waals surface area contributed by atoms with Gasteiger partial charge in [-0.25, -0.2) is 0 Å². The van der Waals surface area contributed by atoms with Crippen LogP contribution in [-0.4, -0.2) is 44.2 Å². The first kappa shape index (κ1) is 18.8. The van der Waals surface area contributed by atoms with Crippen molar-refractivity contribution in [3.63, 3.8) is 0 Å². The fourth-order valence-corrected chi connectivity index (χ4v) is 8.37. The highest BCUT2D eigenvalue weighted by molar-refractivity contribution is 7.90. The molecule has 1 aromatic carbocycles. The number of amidine groups is 1. The second-order valence-electron chi connectivity index (χ2n) is 10.1. The van der Waals surface area contributed by atoms with Gasteiger partial charge in [0, 0.05) is 24.7 Å². The van der Waals surface area contributed by atoms with Gasteiger partial charge in [0.05, 0.1) is 5.92 Å². The molecule has 1 amide bonds. The summed E-state index contributed by atoms with van der Waals surface area (Å²) in [5.41, 5.74) is 0.666. The molecule has 1 N–H and O–H groups in total. The molecule has 4 aliphatic carbocycles. The van der Waals surface area contributed by atoms with Crippen LogP contribution < -0.4 is 5.32 Å². The monoisotopic (exact) mass is 427 g/mol. The normalized spacial score (nSPS) is 38.3. The molecule has 4 saturated carbocycles. The Bertz CT molecular complexity index is 990. The van der Waals surface area contributed by atoms with Gasteiger partial charge >= 0.3 is 0 Å². The maximum atomic E-state index is 13.2. The quantitative estimate of drug-likeness (QED) is 0.787. The maximum Gasteiger partial charge on any atom is 0.285 e. The number of hydrogen-bond acceptors (Lipinski definition) is 4. The van der Waals surface area contributed by atoms with Crippen LogP contribution in [0.25, 0.3) is 0 Å². The minimum atomic E-state index is -3.63. The van der Waals surface area contributed by atoms with Crippen molar-refractivity contribution >= 4 is 21.8 Å². The van der Waals surface area contributed by atoms with E-state index >= 15 is 0 Å². The first-order chi connectivity index (χ1) is 14.5. The fourth-order valence-electron chi connectivity index (χ4n) is 7.14. The topological polar surface area (TPSA) is 78.8 Å². The molecular weight excluding hydrogens is 398 g/mol. The molecule has 1 aromatic rings. The lowest BCUT2D eigenvalue weighted by molar-refractivity contribution is -0.130. The summed E-state index contributed by atoms with van der Waals surface area (Å²) >= 11 is 0. The number of hydrogen-bond donors (Lipinski definition) is 1. The van der Waals surface area contributed by atoms with E-state index in [2.05, 4.69) is 9.71 Å². The van der Waals surface area contributed by atoms with Crippen LogP contribution in [0, 0.1) is 29.6 Å². The second kappa shape index (κ2) is 6.81. The van der Waals surface area contributed by atoms with Gasteiger partial charge in [-0.05, 0) is 80.8 Å². The van der Waals surface area contributed by atoms with Gasteiger partial charge in [-0.1, -0.05) is 12.1 Å². The largest absolute Gasteiger partial charge is 0.355 e. The summed E-state index contributed by atoms with van der Waals surface area (Å²) in [7, 11) is -3.63. The third-order valence-corrected chi connectivity index (χ3v) is 9.56. The maximum absolute atomic E-state index is 13.2. The lowest BCUT2D eigenvalue weighted by Gasteiger charge is -2.54. The van der Waals surface area contributed by atoms with Gasteiger partial charge in [0.1, 0.15) is 4.90 Å². The molecule has 7 heteroatoms. The Labute approximate surface area is 178 Å². The van der Waals surface area contributed by atoms with Crippen molar-refractivity contribution in [2.75, 3.05) is 13.1 Å². The van der Waals surface area contributed by atoms with E-state index in [4.69, 9.17) is 0 Å². The van der Waals surface area contributed by atoms with Crippen molar-refractivity contribution in [2.45, 2.75) is 55.9 Å². The van der Waals surface area contributed by atoms with Crippen molar-refractivity contribution in [1.29, 1.82) is 0 Å². The Kier molecular flexibility index (Phi) is 4.28. The molecule has 7 rings (SSSR count). The summed E-state index contributed by atoms with van der Waals surface area (Å²) in [5, 5.41) is 3.45. The van der Waals surface area contributed by atoms with Crippen LogP contribution in [-0.2, 0) is 14.8 Å². The number of nitrogens with one attached hydrogen (secondary N) is 1. The summed E-state index contributed by atoms with van der Waals surface area (Å²) in [4.78, 5) is 15.5.